The first kappa shape index (κ1) is 23.3. The monoisotopic (exact) mass is 378 g/mol. The van der Waals surface area contributed by atoms with Crippen molar-refractivity contribution in [3.8, 4) is 0 Å². The van der Waals surface area contributed by atoms with Crippen LogP contribution in [0.3, 0.4) is 0 Å². The summed E-state index contributed by atoms with van der Waals surface area (Å²) in [4.78, 5) is 25.8. The summed E-state index contributed by atoms with van der Waals surface area (Å²) < 4.78 is 0. The largest absolute Gasteiger partial charge is 0.508 e. The lowest BCUT2D eigenvalue weighted by Crippen LogP contribution is -2.49. The van der Waals surface area contributed by atoms with E-state index < -0.39 is 40.9 Å². The summed E-state index contributed by atoms with van der Waals surface area (Å²) in [6.07, 6.45) is 3.42. The quantitative estimate of drug-likeness (QED) is 0.419. The van der Waals surface area contributed by atoms with Crippen molar-refractivity contribution in [1.82, 2.24) is 0 Å². The van der Waals surface area contributed by atoms with Crippen molar-refractivity contribution >= 4 is 11.6 Å². The van der Waals surface area contributed by atoms with E-state index in [-0.39, 0.29) is 18.4 Å². The van der Waals surface area contributed by atoms with Crippen LogP contribution in [0.5, 0.6) is 0 Å². The Morgan fingerprint density at radius 3 is 2.07 bits per heavy atom. The molecule has 1 aliphatic carbocycles. The van der Waals surface area contributed by atoms with E-state index in [1.54, 1.807) is 12.2 Å². The van der Waals surface area contributed by atoms with E-state index in [0.29, 0.717) is 12.8 Å². The zero-order valence-electron chi connectivity index (χ0n) is 17.4. The van der Waals surface area contributed by atoms with Gasteiger partial charge in [0.2, 0.25) is 0 Å². The lowest BCUT2D eigenvalue weighted by atomic mass is 9.80. The van der Waals surface area contributed by atoms with Gasteiger partial charge in [0.1, 0.15) is 11.3 Å². The first-order valence-electron chi connectivity index (χ1n) is 9.71. The minimum atomic E-state index is -2.16. The summed E-state index contributed by atoms with van der Waals surface area (Å²) in [5, 5.41) is 32.6. The molecule has 1 rings (SSSR count). The van der Waals surface area contributed by atoms with Gasteiger partial charge in [0.05, 0.1) is 12.0 Å². The molecule has 0 heterocycles. The van der Waals surface area contributed by atoms with Crippen LogP contribution in [0.4, 0.5) is 0 Å². The number of Topliss-reactive ketones (excluding diaryl/α,β-unsaturated/α-hetero) is 2. The van der Waals surface area contributed by atoms with E-state index in [1.807, 2.05) is 41.5 Å². The third-order valence-corrected chi connectivity index (χ3v) is 5.33. The van der Waals surface area contributed by atoms with Crippen LogP contribution in [0.2, 0.25) is 0 Å². The molecular formula is C22H34O5. The maximum absolute atomic E-state index is 13.0. The predicted molar refractivity (Wildman–Crippen MR) is 106 cm³/mol. The van der Waals surface area contributed by atoms with Crippen molar-refractivity contribution in [2.45, 2.75) is 78.9 Å². The lowest BCUT2D eigenvalue weighted by Gasteiger charge is -2.33. The SMILES string of the molecule is CCC(CC)C(=O)C1=C(O)[C@@](O)([C@@H](O)CC=C(C)C)[C@H](CC=C(C)C)C1=O. The molecule has 0 bridgehead atoms. The van der Waals surface area contributed by atoms with Gasteiger partial charge in [0.15, 0.2) is 17.2 Å². The lowest BCUT2D eigenvalue weighted by molar-refractivity contribution is -0.134. The van der Waals surface area contributed by atoms with Crippen LogP contribution < -0.4 is 0 Å². The molecule has 0 unspecified atom stereocenters. The van der Waals surface area contributed by atoms with Crippen LogP contribution in [0.15, 0.2) is 34.6 Å². The normalized spacial score (nSPS) is 23.6. The van der Waals surface area contributed by atoms with Crippen molar-refractivity contribution in [2.75, 3.05) is 0 Å². The zero-order chi connectivity index (χ0) is 20.9. The standard InChI is InChI=1S/C22H34O5/c1-7-15(8-2)19(24)18-20(25)16(11-9-13(3)4)22(27,21(18)26)17(23)12-10-14(5)6/h9-10,15-17,23,26-27H,7-8,11-12H2,1-6H3/t16-,17+,22+/m1/s1. The van der Waals surface area contributed by atoms with Crippen LogP contribution in [-0.4, -0.2) is 38.6 Å². The van der Waals surface area contributed by atoms with Gasteiger partial charge in [-0.3, -0.25) is 9.59 Å². The molecule has 0 fully saturated rings. The molecule has 0 aromatic carbocycles. The Morgan fingerprint density at radius 1 is 1.11 bits per heavy atom. The van der Waals surface area contributed by atoms with Crippen LogP contribution in [0, 0.1) is 11.8 Å². The highest BCUT2D eigenvalue weighted by Gasteiger charge is 2.58. The zero-order valence-corrected chi connectivity index (χ0v) is 17.4. The van der Waals surface area contributed by atoms with Gasteiger partial charge in [-0.1, -0.05) is 37.1 Å². The van der Waals surface area contributed by atoms with Crippen molar-refractivity contribution in [3.63, 3.8) is 0 Å². The summed E-state index contributed by atoms with van der Waals surface area (Å²) in [5.41, 5.74) is -0.608. The average molecular weight is 379 g/mol. The fraction of sp³-hybridized carbons (Fsp3) is 0.636. The molecule has 0 aromatic heterocycles. The Kier molecular flexibility index (Phi) is 8.18. The third kappa shape index (κ3) is 4.77. The van der Waals surface area contributed by atoms with E-state index in [1.165, 1.54) is 0 Å². The molecular weight excluding hydrogens is 344 g/mol. The Balaban J connectivity index is 3.45. The summed E-state index contributed by atoms with van der Waals surface area (Å²) in [5.74, 6) is -3.18. The maximum Gasteiger partial charge on any atom is 0.176 e. The fourth-order valence-electron chi connectivity index (χ4n) is 3.52. The maximum atomic E-state index is 13.0. The van der Waals surface area contributed by atoms with E-state index in [2.05, 4.69) is 0 Å². The average Bonchev–Trinajstić information content (AvgIpc) is 2.78. The van der Waals surface area contributed by atoms with E-state index in [4.69, 9.17) is 0 Å². The summed E-state index contributed by atoms with van der Waals surface area (Å²) >= 11 is 0. The van der Waals surface area contributed by atoms with E-state index >= 15 is 0 Å². The number of carbonyl (C=O) groups excluding carboxylic acids is 2. The smallest absolute Gasteiger partial charge is 0.176 e. The Labute approximate surface area is 162 Å². The molecule has 5 nitrogen and oxygen atoms in total. The van der Waals surface area contributed by atoms with Crippen LogP contribution >= 0.6 is 0 Å². The molecule has 1 aliphatic rings. The minimum Gasteiger partial charge on any atom is -0.508 e. The molecule has 0 radical (unpaired) electrons. The molecule has 0 saturated carbocycles. The molecule has 0 aliphatic heterocycles. The molecule has 0 aromatic rings. The van der Waals surface area contributed by atoms with Gasteiger partial charge < -0.3 is 15.3 Å². The highest BCUT2D eigenvalue weighted by molar-refractivity contribution is 6.24. The van der Waals surface area contributed by atoms with E-state index in [0.717, 1.165) is 11.1 Å². The molecule has 5 heteroatoms. The number of aliphatic hydroxyl groups excluding tert-OH is 2. The van der Waals surface area contributed by atoms with Crippen molar-refractivity contribution in [2.24, 2.45) is 11.8 Å². The van der Waals surface area contributed by atoms with Gasteiger partial charge in [-0.15, -0.1) is 0 Å². The van der Waals surface area contributed by atoms with Gasteiger partial charge in [-0.2, -0.15) is 0 Å². The third-order valence-electron chi connectivity index (χ3n) is 5.33. The van der Waals surface area contributed by atoms with Crippen LogP contribution in [-0.2, 0) is 9.59 Å². The van der Waals surface area contributed by atoms with Gasteiger partial charge >= 0.3 is 0 Å². The highest BCUT2D eigenvalue weighted by atomic mass is 16.4. The second kappa shape index (κ2) is 9.47. The van der Waals surface area contributed by atoms with Crippen molar-refractivity contribution in [1.29, 1.82) is 0 Å². The Hall–Kier alpha value is -1.72. The van der Waals surface area contributed by atoms with Crippen molar-refractivity contribution in [3.05, 3.63) is 34.6 Å². The van der Waals surface area contributed by atoms with E-state index in [9.17, 15) is 24.9 Å². The van der Waals surface area contributed by atoms with Crippen LogP contribution in [0.1, 0.15) is 67.2 Å². The van der Waals surface area contributed by atoms with Gasteiger partial charge in [0.25, 0.3) is 0 Å². The topological polar surface area (TPSA) is 94.8 Å². The molecule has 3 N–H and O–H groups in total. The predicted octanol–water partition coefficient (Wildman–Crippen LogP) is 3.81. The number of ketones is 2. The number of rotatable bonds is 9. The molecule has 0 spiro atoms. The van der Waals surface area contributed by atoms with Crippen molar-refractivity contribution < 1.29 is 24.9 Å². The fourth-order valence-corrected chi connectivity index (χ4v) is 3.52. The van der Waals surface area contributed by atoms with Crippen LogP contribution in [0.25, 0.3) is 0 Å². The van der Waals surface area contributed by atoms with Gasteiger partial charge in [-0.05, 0) is 53.4 Å². The molecule has 0 saturated heterocycles. The Bertz CT molecular complexity index is 658. The number of allylic oxidation sites excluding steroid dienone is 4. The summed E-state index contributed by atoms with van der Waals surface area (Å²) in [6, 6.07) is 0. The molecule has 152 valence electrons. The molecule has 3 atom stereocenters. The number of hydrogen-bond acceptors (Lipinski definition) is 5. The second-order valence-corrected chi connectivity index (χ2v) is 7.89. The van der Waals surface area contributed by atoms with Gasteiger partial charge in [0, 0.05) is 5.92 Å². The molecule has 27 heavy (non-hydrogen) atoms. The first-order valence-corrected chi connectivity index (χ1v) is 9.71. The Morgan fingerprint density at radius 2 is 1.63 bits per heavy atom. The van der Waals surface area contributed by atoms with Gasteiger partial charge in [-0.25, -0.2) is 0 Å². The summed E-state index contributed by atoms with van der Waals surface area (Å²) in [6.45, 7) is 11.1. The number of aliphatic hydroxyl groups is 3. The second-order valence-electron chi connectivity index (χ2n) is 7.89. The first-order chi connectivity index (χ1) is 12.5. The number of hydrogen-bond donors (Lipinski definition) is 3. The highest BCUT2D eigenvalue weighted by Crippen LogP contribution is 2.43. The summed E-state index contributed by atoms with van der Waals surface area (Å²) in [7, 11) is 0. The molecule has 0 amide bonds. The minimum absolute atomic E-state index is 0.0773. The number of carbonyl (C=O) groups is 2.